The number of benzene rings is 1. The minimum absolute atomic E-state index is 0.0490. The highest BCUT2D eigenvalue weighted by Crippen LogP contribution is 2.19. The Morgan fingerprint density at radius 3 is 2.28 bits per heavy atom. The molecule has 0 aliphatic heterocycles. The molecule has 0 fully saturated rings. The van der Waals surface area contributed by atoms with Gasteiger partial charge in [0.25, 0.3) is 10.0 Å². The third-order valence-corrected chi connectivity index (χ3v) is 4.26. The number of rotatable bonds is 6. The maximum atomic E-state index is 12.2. The van der Waals surface area contributed by atoms with Crippen LogP contribution >= 0.6 is 0 Å². The van der Waals surface area contributed by atoms with Crippen molar-refractivity contribution in [2.75, 3.05) is 4.72 Å². The molecule has 0 bridgehead atoms. The number of aliphatic hydroxyl groups is 1. The van der Waals surface area contributed by atoms with Crippen molar-refractivity contribution in [1.29, 1.82) is 0 Å². The number of hydrogen-bond donors (Lipinski definition) is 3. The second-order valence-electron chi connectivity index (χ2n) is 4.41. The van der Waals surface area contributed by atoms with Crippen LogP contribution in [0.1, 0.15) is 27.2 Å². The molecule has 1 aromatic rings. The van der Waals surface area contributed by atoms with Crippen LogP contribution in [0.2, 0.25) is 0 Å². The number of para-hydroxylation sites is 1. The highest BCUT2D eigenvalue weighted by atomic mass is 32.2. The van der Waals surface area contributed by atoms with E-state index >= 15 is 0 Å². The molecule has 0 radical (unpaired) electrons. The molecule has 0 aromatic heterocycles. The molecule has 1 atom stereocenters. The van der Waals surface area contributed by atoms with Crippen LogP contribution in [0.3, 0.4) is 0 Å². The lowest BCUT2D eigenvalue weighted by Crippen LogP contribution is -2.56. The molecule has 0 heterocycles. The predicted molar refractivity (Wildman–Crippen MR) is 72.5 cm³/mol. The lowest BCUT2D eigenvalue weighted by atomic mass is 10.3. The number of nitrogens with one attached hydrogen (secondary N) is 2. The van der Waals surface area contributed by atoms with Crippen LogP contribution in [0.5, 0.6) is 0 Å². The molecular formula is C12H20N2O3S. The van der Waals surface area contributed by atoms with E-state index < -0.39 is 15.1 Å². The van der Waals surface area contributed by atoms with Gasteiger partial charge in [-0.1, -0.05) is 25.1 Å². The zero-order valence-electron chi connectivity index (χ0n) is 10.8. The van der Waals surface area contributed by atoms with E-state index in [2.05, 4.69) is 10.0 Å². The molecule has 5 nitrogen and oxygen atoms in total. The van der Waals surface area contributed by atoms with E-state index in [9.17, 15) is 13.5 Å². The molecule has 18 heavy (non-hydrogen) atoms. The van der Waals surface area contributed by atoms with Gasteiger partial charge in [0.1, 0.15) is 0 Å². The lowest BCUT2D eigenvalue weighted by molar-refractivity contribution is 0.0754. The fourth-order valence-corrected chi connectivity index (χ4v) is 2.95. The van der Waals surface area contributed by atoms with E-state index in [1.807, 2.05) is 0 Å². The Bertz CT molecular complexity index is 473. The van der Waals surface area contributed by atoms with Gasteiger partial charge in [0.15, 0.2) is 0 Å². The molecule has 3 N–H and O–H groups in total. The topological polar surface area (TPSA) is 78.4 Å². The minimum atomic E-state index is -3.93. The summed E-state index contributed by atoms with van der Waals surface area (Å²) in [4.78, 5) is 0. The van der Waals surface area contributed by atoms with E-state index in [1.165, 1.54) is 0 Å². The Kier molecular flexibility index (Phi) is 4.72. The van der Waals surface area contributed by atoms with Crippen molar-refractivity contribution >= 4 is 15.7 Å². The lowest BCUT2D eigenvalue weighted by Gasteiger charge is -2.30. The fourth-order valence-electron chi connectivity index (χ4n) is 1.57. The van der Waals surface area contributed by atoms with Gasteiger partial charge in [-0.15, -0.1) is 0 Å². The van der Waals surface area contributed by atoms with Gasteiger partial charge in [-0.25, -0.2) is 8.42 Å². The standard InChI is InChI=1S/C12H20N2O3S/c1-4-12(15,13-10(2)3)18(16,17)14-11-8-6-5-7-9-11/h5-10,13-15H,4H2,1-3H3. The van der Waals surface area contributed by atoms with Gasteiger partial charge < -0.3 is 5.11 Å². The second kappa shape index (κ2) is 5.69. The molecule has 6 heteroatoms. The summed E-state index contributed by atoms with van der Waals surface area (Å²) >= 11 is 0. The highest BCUT2D eigenvalue weighted by Gasteiger charge is 2.40. The van der Waals surface area contributed by atoms with Crippen molar-refractivity contribution in [2.45, 2.75) is 38.3 Å². The Hall–Kier alpha value is -1.11. The van der Waals surface area contributed by atoms with Crippen LogP contribution < -0.4 is 10.0 Å². The summed E-state index contributed by atoms with van der Waals surface area (Å²) in [7, 11) is -3.93. The van der Waals surface area contributed by atoms with Crippen LogP contribution in [0.15, 0.2) is 30.3 Å². The summed E-state index contributed by atoms with van der Waals surface area (Å²) in [6.45, 7) is 5.16. The first-order valence-electron chi connectivity index (χ1n) is 5.88. The van der Waals surface area contributed by atoms with Crippen LogP contribution in [0, 0.1) is 0 Å². The molecule has 0 aliphatic rings. The maximum Gasteiger partial charge on any atom is 0.277 e. The first-order valence-corrected chi connectivity index (χ1v) is 7.36. The van der Waals surface area contributed by atoms with Crippen molar-refractivity contribution in [3.05, 3.63) is 30.3 Å². The van der Waals surface area contributed by atoms with Gasteiger partial charge in [-0.3, -0.25) is 10.0 Å². The molecular weight excluding hydrogens is 252 g/mol. The summed E-state index contributed by atoms with van der Waals surface area (Å²) in [5, 5.41) is 10.9. The van der Waals surface area contributed by atoms with Crippen LogP contribution in [0.25, 0.3) is 0 Å². The van der Waals surface area contributed by atoms with Crippen molar-refractivity contribution in [1.82, 2.24) is 5.32 Å². The molecule has 1 unspecified atom stereocenters. The molecule has 0 spiro atoms. The first kappa shape index (κ1) is 14.9. The minimum Gasteiger partial charge on any atom is -0.361 e. The van der Waals surface area contributed by atoms with Gasteiger partial charge in [-0.05, 0) is 26.0 Å². The number of hydrogen-bond acceptors (Lipinski definition) is 4. The monoisotopic (exact) mass is 272 g/mol. The Morgan fingerprint density at radius 1 is 1.28 bits per heavy atom. The summed E-state index contributed by atoms with van der Waals surface area (Å²) in [5.74, 6) is 0. The van der Waals surface area contributed by atoms with Crippen molar-refractivity contribution < 1.29 is 13.5 Å². The number of sulfonamides is 1. The molecule has 0 saturated heterocycles. The Labute approximate surface area is 108 Å². The molecule has 1 rings (SSSR count). The van der Waals surface area contributed by atoms with E-state index in [0.29, 0.717) is 5.69 Å². The van der Waals surface area contributed by atoms with E-state index in [0.717, 1.165) is 0 Å². The van der Waals surface area contributed by atoms with E-state index in [-0.39, 0.29) is 12.5 Å². The van der Waals surface area contributed by atoms with Crippen LogP contribution in [0.4, 0.5) is 5.69 Å². The normalized spacial score (nSPS) is 15.4. The van der Waals surface area contributed by atoms with Gasteiger partial charge in [0.2, 0.25) is 5.06 Å². The maximum absolute atomic E-state index is 12.2. The summed E-state index contributed by atoms with van der Waals surface area (Å²) < 4.78 is 26.7. The zero-order valence-corrected chi connectivity index (χ0v) is 11.7. The Morgan fingerprint density at radius 2 is 1.83 bits per heavy atom. The quantitative estimate of drug-likeness (QED) is 0.685. The first-order chi connectivity index (χ1) is 8.31. The zero-order chi connectivity index (χ0) is 13.8. The molecule has 0 saturated carbocycles. The van der Waals surface area contributed by atoms with Crippen LogP contribution in [-0.4, -0.2) is 24.6 Å². The van der Waals surface area contributed by atoms with Gasteiger partial charge in [-0.2, -0.15) is 0 Å². The van der Waals surface area contributed by atoms with Crippen molar-refractivity contribution in [3.8, 4) is 0 Å². The molecule has 102 valence electrons. The number of anilines is 1. The average molecular weight is 272 g/mol. The average Bonchev–Trinajstić information content (AvgIpc) is 2.28. The van der Waals surface area contributed by atoms with Crippen molar-refractivity contribution in [2.24, 2.45) is 0 Å². The molecule has 0 amide bonds. The largest absolute Gasteiger partial charge is 0.361 e. The summed E-state index contributed by atoms with van der Waals surface area (Å²) in [6.07, 6.45) is 0.0490. The van der Waals surface area contributed by atoms with E-state index in [1.54, 1.807) is 51.1 Å². The smallest absolute Gasteiger partial charge is 0.277 e. The third-order valence-electron chi connectivity index (χ3n) is 2.46. The third kappa shape index (κ3) is 3.44. The second-order valence-corrected chi connectivity index (χ2v) is 6.29. The SMILES string of the molecule is CCC(O)(NC(C)C)S(=O)(=O)Nc1ccccc1. The predicted octanol–water partition coefficient (Wildman–Crippen LogP) is 1.48. The Balaban J connectivity index is 2.97. The summed E-state index contributed by atoms with van der Waals surface area (Å²) in [6, 6.07) is 8.34. The summed E-state index contributed by atoms with van der Waals surface area (Å²) in [5.41, 5.74) is 0.426. The van der Waals surface area contributed by atoms with Crippen LogP contribution in [-0.2, 0) is 10.0 Å². The van der Waals surface area contributed by atoms with Crippen molar-refractivity contribution in [3.63, 3.8) is 0 Å². The fraction of sp³-hybridized carbons (Fsp3) is 0.500. The molecule has 1 aromatic carbocycles. The molecule has 0 aliphatic carbocycles. The van der Waals surface area contributed by atoms with E-state index in [4.69, 9.17) is 0 Å². The van der Waals surface area contributed by atoms with Gasteiger partial charge in [0, 0.05) is 18.2 Å². The van der Waals surface area contributed by atoms with Gasteiger partial charge in [0.05, 0.1) is 0 Å². The highest BCUT2D eigenvalue weighted by molar-refractivity contribution is 7.93. The van der Waals surface area contributed by atoms with Gasteiger partial charge >= 0.3 is 0 Å².